The molecule has 2 heterocycles. The lowest BCUT2D eigenvalue weighted by molar-refractivity contribution is 0.0630. The largest absolute Gasteiger partial charge is 0.343 e. The lowest BCUT2D eigenvalue weighted by Crippen LogP contribution is -2.54. The number of carbonyl (C=O) groups excluding carboxylic acids is 1. The Kier molecular flexibility index (Phi) is 5.18. The number of carbonyl (C=O) groups is 1. The molecule has 0 spiro atoms. The average Bonchev–Trinajstić information content (AvgIpc) is 3.24. The first kappa shape index (κ1) is 19.8. The van der Waals surface area contributed by atoms with Gasteiger partial charge in [-0.1, -0.05) is 55.0 Å². The lowest BCUT2D eigenvalue weighted by Gasteiger charge is -2.45. The molecule has 0 aromatic heterocycles. The third kappa shape index (κ3) is 3.28. The molecule has 1 aliphatic carbocycles. The van der Waals surface area contributed by atoms with Gasteiger partial charge in [-0.25, -0.2) is 0 Å². The van der Waals surface area contributed by atoms with E-state index in [1.807, 2.05) is 32.0 Å². The summed E-state index contributed by atoms with van der Waals surface area (Å²) in [4.78, 5) is 16.4. The van der Waals surface area contributed by atoms with Crippen LogP contribution in [0.4, 0.5) is 0 Å². The Morgan fingerprint density at radius 1 is 1.00 bits per heavy atom. The van der Waals surface area contributed by atoms with Crippen LogP contribution in [0.5, 0.6) is 0 Å². The van der Waals surface area contributed by atoms with Gasteiger partial charge in [0.2, 0.25) is 0 Å². The Bertz CT molecular complexity index is 889. The third-order valence-electron chi connectivity index (χ3n) is 8.17. The lowest BCUT2D eigenvalue weighted by atomic mass is 9.77. The Morgan fingerprint density at radius 3 is 2.27 bits per heavy atom. The maximum absolute atomic E-state index is 13.6. The molecule has 1 N–H and O–H groups in total. The highest BCUT2D eigenvalue weighted by Gasteiger charge is 2.56. The van der Waals surface area contributed by atoms with Gasteiger partial charge in [-0.05, 0) is 75.0 Å². The number of rotatable bonds is 6. The molecule has 158 valence electrons. The van der Waals surface area contributed by atoms with Crippen molar-refractivity contribution in [3.63, 3.8) is 0 Å². The van der Waals surface area contributed by atoms with Gasteiger partial charge in [0, 0.05) is 23.7 Å². The van der Waals surface area contributed by atoms with Crippen LogP contribution in [-0.2, 0) is 0 Å². The van der Waals surface area contributed by atoms with Crippen molar-refractivity contribution in [3.05, 3.63) is 70.8 Å². The molecule has 2 saturated heterocycles. The van der Waals surface area contributed by atoms with E-state index in [9.17, 15) is 4.79 Å². The fourth-order valence-electron chi connectivity index (χ4n) is 6.35. The van der Waals surface area contributed by atoms with E-state index in [1.165, 1.54) is 57.1 Å². The van der Waals surface area contributed by atoms with Crippen molar-refractivity contribution in [2.75, 3.05) is 6.54 Å². The summed E-state index contributed by atoms with van der Waals surface area (Å²) in [5.41, 5.74) is 4.26. The summed E-state index contributed by atoms with van der Waals surface area (Å²) < 4.78 is 0. The molecular formula is C27H34N2O. The second-order valence-corrected chi connectivity index (χ2v) is 9.87. The smallest absolute Gasteiger partial charge is 0.252 e. The van der Waals surface area contributed by atoms with Crippen LogP contribution in [0.3, 0.4) is 0 Å². The van der Waals surface area contributed by atoms with Crippen molar-refractivity contribution < 1.29 is 4.79 Å². The highest BCUT2D eigenvalue weighted by Crippen LogP contribution is 2.53. The van der Waals surface area contributed by atoms with Gasteiger partial charge in [0.25, 0.3) is 5.91 Å². The molecule has 3 nitrogen and oxygen atoms in total. The first-order valence-electron chi connectivity index (χ1n) is 11.8. The second-order valence-electron chi connectivity index (χ2n) is 9.87. The molecule has 3 aliphatic rings. The van der Waals surface area contributed by atoms with Crippen LogP contribution in [-0.4, -0.2) is 28.9 Å². The zero-order chi connectivity index (χ0) is 20.7. The monoisotopic (exact) mass is 402 g/mol. The minimum atomic E-state index is 0.0396. The van der Waals surface area contributed by atoms with Crippen molar-refractivity contribution in [2.24, 2.45) is 5.92 Å². The highest BCUT2D eigenvalue weighted by atomic mass is 16.1. The number of aryl methyl sites for hydroxylation is 2. The van der Waals surface area contributed by atoms with Crippen LogP contribution < -0.4 is 5.32 Å². The van der Waals surface area contributed by atoms with Crippen molar-refractivity contribution in [3.8, 4) is 0 Å². The number of hydrogen-bond acceptors (Lipinski definition) is 2. The summed E-state index contributed by atoms with van der Waals surface area (Å²) in [7, 11) is 0. The van der Waals surface area contributed by atoms with E-state index in [0.717, 1.165) is 22.6 Å². The van der Waals surface area contributed by atoms with Crippen molar-refractivity contribution in [1.82, 2.24) is 10.2 Å². The van der Waals surface area contributed by atoms with Crippen molar-refractivity contribution in [1.29, 1.82) is 0 Å². The Morgan fingerprint density at radius 2 is 1.67 bits per heavy atom. The molecule has 2 aliphatic heterocycles. The first-order chi connectivity index (χ1) is 14.6. The summed E-state index contributed by atoms with van der Waals surface area (Å²) in [5, 5.41) is 3.55. The van der Waals surface area contributed by atoms with Gasteiger partial charge < -0.3 is 5.32 Å². The minimum absolute atomic E-state index is 0.0396. The first-order valence-corrected chi connectivity index (χ1v) is 11.8. The predicted molar refractivity (Wildman–Crippen MR) is 122 cm³/mol. The van der Waals surface area contributed by atoms with Gasteiger partial charge in [-0.2, -0.15) is 0 Å². The molecule has 0 radical (unpaired) electrons. The minimum Gasteiger partial charge on any atom is -0.343 e. The van der Waals surface area contributed by atoms with Gasteiger partial charge >= 0.3 is 0 Å². The topological polar surface area (TPSA) is 32.3 Å². The summed E-state index contributed by atoms with van der Waals surface area (Å²) in [6.45, 7) is 5.30. The molecule has 30 heavy (non-hydrogen) atoms. The molecule has 3 heteroatoms. The van der Waals surface area contributed by atoms with Gasteiger partial charge in [0.1, 0.15) is 0 Å². The van der Waals surface area contributed by atoms with Gasteiger partial charge in [0.15, 0.2) is 0 Å². The fourth-order valence-corrected chi connectivity index (χ4v) is 6.35. The summed E-state index contributed by atoms with van der Waals surface area (Å²) in [6, 6.07) is 17.6. The highest BCUT2D eigenvalue weighted by molar-refractivity contribution is 5.97. The van der Waals surface area contributed by atoms with E-state index in [-0.39, 0.29) is 17.5 Å². The maximum atomic E-state index is 13.6. The van der Waals surface area contributed by atoms with Crippen LogP contribution in [0.25, 0.3) is 0 Å². The number of amides is 1. The van der Waals surface area contributed by atoms with E-state index in [2.05, 4.69) is 40.5 Å². The quantitative estimate of drug-likeness (QED) is 0.685. The fraction of sp³-hybridized carbons (Fsp3) is 0.519. The summed E-state index contributed by atoms with van der Waals surface area (Å²) in [5.74, 6) is 0.932. The van der Waals surface area contributed by atoms with Crippen LogP contribution in [0.1, 0.15) is 78.0 Å². The summed E-state index contributed by atoms with van der Waals surface area (Å²) in [6.07, 6.45) is 9.08. The van der Waals surface area contributed by atoms with Crippen LogP contribution in [0.15, 0.2) is 48.5 Å². The van der Waals surface area contributed by atoms with E-state index in [0.29, 0.717) is 6.04 Å². The van der Waals surface area contributed by atoms with Crippen molar-refractivity contribution >= 4 is 5.91 Å². The van der Waals surface area contributed by atoms with Crippen LogP contribution >= 0.6 is 0 Å². The normalized spacial score (nSPS) is 27.1. The molecule has 2 aromatic carbocycles. The van der Waals surface area contributed by atoms with E-state index in [4.69, 9.17) is 0 Å². The van der Waals surface area contributed by atoms with Gasteiger partial charge in [-0.15, -0.1) is 0 Å². The zero-order valence-electron chi connectivity index (χ0n) is 18.4. The maximum Gasteiger partial charge on any atom is 0.252 e. The van der Waals surface area contributed by atoms with E-state index in [1.54, 1.807) is 0 Å². The number of benzene rings is 2. The number of fused-ring (bicyclic) bond motifs is 2. The molecule has 2 aromatic rings. The Labute approximate surface area is 180 Å². The Hall–Kier alpha value is -2.13. The third-order valence-corrected chi connectivity index (χ3v) is 8.17. The van der Waals surface area contributed by atoms with Gasteiger partial charge in [-0.3, -0.25) is 9.69 Å². The molecule has 1 unspecified atom stereocenters. The zero-order valence-corrected chi connectivity index (χ0v) is 18.4. The van der Waals surface area contributed by atoms with Crippen LogP contribution in [0.2, 0.25) is 0 Å². The molecule has 2 bridgehead atoms. The second kappa shape index (κ2) is 7.85. The molecule has 5 rings (SSSR count). The van der Waals surface area contributed by atoms with Crippen LogP contribution in [0, 0.1) is 19.8 Å². The SMILES string of the molecule is Cc1cccc(C)c1C(=O)NC(c1ccccc1)C12CCC(CC1)N2CC1CCC1. The number of nitrogens with zero attached hydrogens (tertiary/aromatic N) is 1. The molecule has 1 amide bonds. The average molecular weight is 403 g/mol. The van der Waals surface area contributed by atoms with E-state index >= 15 is 0 Å². The summed E-state index contributed by atoms with van der Waals surface area (Å²) >= 11 is 0. The van der Waals surface area contributed by atoms with E-state index < -0.39 is 0 Å². The Balaban J connectivity index is 1.50. The molecule has 1 saturated carbocycles. The van der Waals surface area contributed by atoms with Gasteiger partial charge in [0.05, 0.1) is 6.04 Å². The molecular weight excluding hydrogens is 368 g/mol. The molecule has 3 fully saturated rings. The molecule has 1 atom stereocenters. The number of hydrogen-bond donors (Lipinski definition) is 1. The van der Waals surface area contributed by atoms with Crippen molar-refractivity contribution in [2.45, 2.75) is 76.4 Å². The number of nitrogens with one attached hydrogen (secondary N) is 1. The predicted octanol–water partition coefficient (Wildman–Crippen LogP) is 5.57. The standard InChI is InChI=1S/C27H34N2O/c1-19-8-6-9-20(2)24(19)26(30)28-25(22-12-4-3-5-13-22)27-16-14-23(15-17-27)29(27)18-21-10-7-11-21/h3-6,8-9,12-13,21,23,25H,7,10-11,14-18H2,1-2H3,(H,28,30).